The lowest BCUT2D eigenvalue weighted by atomic mass is 10.1. The molecule has 0 N–H and O–H groups in total. The van der Waals surface area contributed by atoms with Crippen molar-refractivity contribution in [2.45, 2.75) is 12.5 Å². The van der Waals surface area contributed by atoms with Gasteiger partial charge in [-0.3, -0.25) is 4.98 Å². The van der Waals surface area contributed by atoms with Crippen LogP contribution in [0.5, 0.6) is 0 Å². The molecule has 13 heavy (non-hydrogen) atoms. The van der Waals surface area contributed by atoms with Gasteiger partial charge in [-0.2, -0.15) is 12.6 Å². The quantitative estimate of drug-likeness (QED) is 0.741. The molecular formula is C10H16N2S. The third-order valence-corrected chi connectivity index (χ3v) is 2.37. The monoisotopic (exact) mass is 196 g/mol. The van der Waals surface area contributed by atoms with Crippen LogP contribution in [0.4, 0.5) is 0 Å². The molecule has 0 amide bonds. The third kappa shape index (κ3) is 3.01. The van der Waals surface area contributed by atoms with Crippen LogP contribution in [0.1, 0.15) is 18.0 Å². The van der Waals surface area contributed by atoms with E-state index in [0.717, 1.165) is 12.2 Å². The Morgan fingerprint density at radius 3 is 2.46 bits per heavy atom. The normalized spacial score (nSPS) is 13.2. The number of pyridine rings is 1. The Morgan fingerprint density at radius 2 is 2.00 bits per heavy atom. The van der Waals surface area contributed by atoms with Gasteiger partial charge in [-0.1, -0.05) is 0 Å². The van der Waals surface area contributed by atoms with Crippen LogP contribution in [0, 0.1) is 0 Å². The average molecular weight is 196 g/mol. The maximum absolute atomic E-state index is 4.26. The smallest absolute Gasteiger partial charge is 0.0350 e. The molecule has 0 aliphatic heterocycles. The lowest BCUT2D eigenvalue weighted by Gasteiger charge is -2.23. The molecular weight excluding hydrogens is 180 g/mol. The van der Waals surface area contributed by atoms with E-state index in [1.54, 1.807) is 0 Å². The van der Waals surface area contributed by atoms with Gasteiger partial charge in [-0.25, -0.2) is 0 Å². The molecule has 0 radical (unpaired) electrons. The van der Waals surface area contributed by atoms with E-state index in [1.807, 2.05) is 12.4 Å². The van der Waals surface area contributed by atoms with Gasteiger partial charge in [-0.05, 0) is 44.0 Å². The molecule has 0 saturated heterocycles. The molecule has 0 saturated carbocycles. The zero-order chi connectivity index (χ0) is 9.68. The van der Waals surface area contributed by atoms with Gasteiger partial charge in [0, 0.05) is 18.4 Å². The summed E-state index contributed by atoms with van der Waals surface area (Å²) in [7, 11) is 4.18. The predicted octanol–water partition coefficient (Wildman–Crippen LogP) is 2.00. The molecule has 0 fully saturated rings. The Balaban J connectivity index is 2.76. The van der Waals surface area contributed by atoms with Crippen LogP contribution in [0.3, 0.4) is 0 Å². The van der Waals surface area contributed by atoms with Crippen molar-refractivity contribution in [1.29, 1.82) is 0 Å². The Morgan fingerprint density at radius 1 is 1.38 bits per heavy atom. The molecule has 72 valence electrons. The fourth-order valence-electron chi connectivity index (χ4n) is 1.43. The highest BCUT2D eigenvalue weighted by Gasteiger charge is 2.11. The molecule has 1 rings (SSSR count). The minimum absolute atomic E-state index is 0.459. The van der Waals surface area contributed by atoms with E-state index in [1.165, 1.54) is 5.56 Å². The lowest BCUT2D eigenvalue weighted by molar-refractivity contribution is 0.293. The fraction of sp³-hybridized carbons (Fsp3) is 0.500. The van der Waals surface area contributed by atoms with Crippen LogP contribution in [-0.2, 0) is 0 Å². The van der Waals surface area contributed by atoms with Crippen LogP contribution >= 0.6 is 12.6 Å². The van der Waals surface area contributed by atoms with Crippen molar-refractivity contribution >= 4 is 12.6 Å². The summed E-state index contributed by atoms with van der Waals surface area (Å²) in [4.78, 5) is 6.22. The van der Waals surface area contributed by atoms with Crippen molar-refractivity contribution in [3.05, 3.63) is 30.1 Å². The minimum atomic E-state index is 0.459. The molecule has 0 bridgehead atoms. The first kappa shape index (κ1) is 10.5. The first-order valence-corrected chi connectivity index (χ1v) is 5.06. The van der Waals surface area contributed by atoms with Gasteiger partial charge in [0.25, 0.3) is 0 Å². The van der Waals surface area contributed by atoms with Crippen LogP contribution in [-0.4, -0.2) is 29.7 Å². The van der Waals surface area contributed by atoms with E-state index in [0.29, 0.717) is 6.04 Å². The maximum atomic E-state index is 4.26. The summed E-state index contributed by atoms with van der Waals surface area (Å²) >= 11 is 4.26. The highest BCUT2D eigenvalue weighted by atomic mass is 32.1. The zero-order valence-corrected chi connectivity index (χ0v) is 9.04. The lowest BCUT2D eigenvalue weighted by Crippen LogP contribution is -2.20. The number of rotatable bonds is 4. The van der Waals surface area contributed by atoms with Crippen LogP contribution in [0.2, 0.25) is 0 Å². The SMILES string of the molecule is CN(C)C(CCS)c1ccncc1. The summed E-state index contributed by atoms with van der Waals surface area (Å²) in [5, 5.41) is 0. The first-order chi connectivity index (χ1) is 6.25. The van der Waals surface area contributed by atoms with E-state index < -0.39 is 0 Å². The predicted molar refractivity (Wildman–Crippen MR) is 59.1 cm³/mol. The van der Waals surface area contributed by atoms with Crippen LogP contribution in [0.15, 0.2) is 24.5 Å². The van der Waals surface area contributed by atoms with Gasteiger partial charge in [-0.15, -0.1) is 0 Å². The highest BCUT2D eigenvalue weighted by Crippen LogP contribution is 2.21. The molecule has 0 spiro atoms. The molecule has 0 aliphatic rings. The topological polar surface area (TPSA) is 16.1 Å². The highest BCUT2D eigenvalue weighted by molar-refractivity contribution is 7.80. The van der Waals surface area contributed by atoms with Crippen LogP contribution in [0.25, 0.3) is 0 Å². The van der Waals surface area contributed by atoms with Gasteiger partial charge < -0.3 is 4.90 Å². The molecule has 0 aromatic carbocycles. The standard InChI is InChI=1S/C10H16N2S/c1-12(2)10(5-8-13)9-3-6-11-7-4-9/h3-4,6-7,10,13H,5,8H2,1-2H3. The minimum Gasteiger partial charge on any atom is -0.302 e. The van der Waals surface area contributed by atoms with Gasteiger partial charge in [0.1, 0.15) is 0 Å². The molecule has 1 unspecified atom stereocenters. The summed E-state index contributed by atoms with van der Waals surface area (Å²) in [6, 6.07) is 4.59. The number of aromatic nitrogens is 1. The summed E-state index contributed by atoms with van der Waals surface area (Å²) in [5.74, 6) is 0.908. The van der Waals surface area contributed by atoms with Crippen molar-refractivity contribution in [2.75, 3.05) is 19.8 Å². The molecule has 1 aromatic rings. The Bertz CT molecular complexity index is 236. The maximum Gasteiger partial charge on any atom is 0.0350 e. The van der Waals surface area contributed by atoms with Gasteiger partial charge in [0.05, 0.1) is 0 Å². The molecule has 1 heterocycles. The van der Waals surface area contributed by atoms with Crippen molar-refractivity contribution in [1.82, 2.24) is 9.88 Å². The van der Waals surface area contributed by atoms with Crippen molar-refractivity contribution in [3.8, 4) is 0 Å². The van der Waals surface area contributed by atoms with E-state index in [4.69, 9.17) is 0 Å². The molecule has 3 heteroatoms. The number of hydrogen-bond donors (Lipinski definition) is 1. The first-order valence-electron chi connectivity index (χ1n) is 4.43. The summed E-state index contributed by atoms with van der Waals surface area (Å²) in [5.41, 5.74) is 1.31. The molecule has 1 aromatic heterocycles. The largest absolute Gasteiger partial charge is 0.302 e. The van der Waals surface area contributed by atoms with Crippen molar-refractivity contribution in [2.24, 2.45) is 0 Å². The van der Waals surface area contributed by atoms with E-state index in [2.05, 4.69) is 48.7 Å². The third-order valence-electron chi connectivity index (χ3n) is 2.12. The Hall–Kier alpha value is -0.540. The van der Waals surface area contributed by atoms with Crippen LogP contribution < -0.4 is 0 Å². The summed E-state index contributed by atoms with van der Waals surface area (Å²) < 4.78 is 0. The van der Waals surface area contributed by atoms with Gasteiger partial charge in [0.2, 0.25) is 0 Å². The van der Waals surface area contributed by atoms with Crippen molar-refractivity contribution in [3.63, 3.8) is 0 Å². The van der Waals surface area contributed by atoms with Gasteiger partial charge in [0.15, 0.2) is 0 Å². The Labute approximate surface area is 85.4 Å². The molecule has 0 aliphatic carbocycles. The number of hydrogen-bond acceptors (Lipinski definition) is 3. The Kier molecular flexibility index (Phi) is 4.25. The summed E-state index contributed by atoms with van der Waals surface area (Å²) in [6.45, 7) is 0. The number of nitrogens with zero attached hydrogens (tertiary/aromatic N) is 2. The second-order valence-electron chi connectivity index (χ2n) is 3.27. The fourth-order valence-corrected chi connectivity index (χ4v) is 1.68. The average Bonchev–Trinajstić information content (AvgIpc) is 2.15. The molecule has 2 nitrogen and oxygen atoms in total. The van der Waals surface area contributed by atoms with Gasteiger partial charge >= 0.3 is 0 Å². The second-order valence-corrected chi connectivity index (χ2v) is 3.72. The van der Waals surface area contributed by atoms with E-state index in [-0.39, 0.29) is 0 Å². The number of thiol groups is 1. The second kappa shape index (κ2) is 5.25. The summed E-state index contributed by atoms with van der Waals surface area (Å²) in [6.07, 6.45) is 4.74. The van der Waals surface area contributed by atoms with E-state index >= 15 is 0 Å². The van der Waals surface area contributed by atoms with Crippen molar-refractivity contribution < 1.29 is 0 Å². The molecule has 1 atom stereocenters. The van der Waals surface area contributed by atoms with E-state index in [9.17, 15) is 0 Å². The zero-order valence-electron chi connectivity index (χ0n) is 8.14.